The summed E-state index contributed by atoms with van der Waals surface area (Å²) in [6.07, 6.45) is 0. The summed E-state index contributed by atoms with van der Waals surface area (Å²) < 4.78 is 23.9. The van der Waals surface area contributed by atoms with Gasteiger partial charge in [-0.3, -0.25) is 0 Å². The van der Waals surface area contributed by atoms with Gasteiger partial charge in [-0.05, 0) is 36.4 Å². The number of H-pyrrole nitrogens is 1. The zero-order valence-electron chi connectivity index (χ0n) is 14.2. The molecule has 0 saturated heterocycles. The van der Waals surface area contributed by atoms with Crippen molar-refractivity contribution in [3.63, 3.8) is 0 Å². The van der Waals surface area contributed by atoms with Gasteiger partial charge in [-0.2, -0.15) is 14.4 Å². The fourth-order valence-corrected chi connectivity index (χ4v) is 2.99. The Morgan fingerprint density at radius 2 is 1.61 bits per heavy atom. The van der Waals surface area contributed by atoms with E-state index in [2.05, 4.69) is 30.8 Å². The van der Waals surface area contributed by atoms with Crippen LogP contribution in [0.2, 0.25) is 0 Å². The number of nitrogens with one attached hydrogen (secondary N) is 3. The summed E-state index contributed by atoms with van der Waals surface area (Å²) >= 11 is 0. The van der Waals surface area contributed by atoms with E-state index < -0.39 is 15.7 Å². The minimum Gasteiger partial charge on any atom is -0.325 e. The first-order valence-electron chi connectivity index (χ1n) is 7.97. The minimum atomic E-state index is -3.80. The topological polar surface area (TPSA) is 160 Å². The van der Waals surface area contributed by atoms with Crippen LogP contribution >= 0.6 is 0 Å². The largest absolute Gasteiger partial charge is 0.351 e. The van der Waals surface area contributed by atoms with E-state index in [-0.39, 0.29) is 22.6 Å². The van der Waals surface area contributed by atoms with E-state index in [4.69, 9.17) is 5.14 Å². The number of primary sulfonamides is 1. The molecule has 0 saturated carbocycles. The summed E-state index contributed by atoms with van der Waals surface area (Å²) in [5.41, 5.74) is 0.726. The number of hydrogen-bond acceptors (Lipinski definition) is 8. The SMILES string of the molecule is NS(=O)(=O)c1ccc(Nc2nc(Nc3ccccc3)nc3n[nH]c(=O)n23)cc1. The molecule has 2 aromatic heterocycles. The molecule has 0 aliphatic heterocycles. The minimum absolute atomic E-state index is 0.0298. The molecule has 0 aliphatic rings. The number of rotatable bonds is 5. The predicted octanol–water partition coefficient (Wildman–Crippen LogP) is 0.947. The summed E-state index contributed by atoms with van der Waals surface area (Å²) in [5.74, 6) is 0.481. The Balaban J connectivity index is 1.72. The number of para-hydroxylation sites is 1. The molecule has 0 radical (unpaired) electrons. The van der Waals surface area contributed by atoms with Crippen molar-refractivity contribution in [1.29, 1.82) is 0 Å². The third-order valence-electron chi connectivity index (χ3n) is 3.75. The van der Waals surface area contributed by atoms with Crippen molar-refractivity contribution in [3.05, 3.63) is 65.1 Å². The lowest BCUT2D eigenvalue weighted by Gasteiger charge is -2.10. The predicted molar refractivity (Wildman–Crippen MR) is 102 cm³/mol. The van der Waals surface area contributed by atoms with Gasteiger partial charge in [-0.15, -0.1) is 5.10 Å². The van der Waals surface area contributed by atoms with Crippen LogP contribution in [0.25, 0.3) is 5.78 Å². The van der Waals surface area contributed by atoms with Crippen molar-refractivity contribution in [2.45, 2.75) is 4.90 Å². The summed E-state index contributed by atoms with van der Waals surface area (Å²) in [5, 5.41) is 17.3. The average Bonchev–Trinajstić information content (AvgIpc) is 3.03. The molecule has 0 unspecified atom stereocenters. The quantitative estimate of drug-likeness (QED) is 0.386. The molecule has 28 heavy (non-hydrogen) atoms. The van der Waals surface area contributed by atoms with Crippen LogP contribution in [-0.4, -0.2) is 33.0 Å². The van der Waals surface area contributed by atoms with Crippen molar-refractivity contribution in [1.82, 2.24) is 24.6 Å². The standard InChI is InChI=1S/C16H14N8O3S/c17-28(26,27)12-8-6-11(7-9-12)19-14-20-13(18-10-4-2-1-3-5-10)21-15-22-23-16(25)24(14)15/h1-9H,(H,23,25)(H2,17,26,27)(H2,18,19,20,21,22). The number of anilines is 4. The van der Waals surface area contributed by atoms with E-state index in [0.717, 1.165) is 10.1 Å². The van der Waals surface area contributed by atoms with Crippen molar-refractivity contribution >= 4 is 39.1 Å². The fraction of sp³-hybridized carbons (Fsp3) is 0. The maximum absolute atomic E-state index is 12.1. The second-order valence-corrected chi connectivity index (χ2v) is 7.28. The molecule has 0 amide bonds. The van der Waals surface area contributed by atoms with E-state index >= 15 is 0 Å². The third kappa shape index (κ3) is 3.54. The zero-order valence-corrected chi connectivity index (χ0v) is 15.0. The molecule has 0 bridgehead atoms. The molecule has 12 heteroatoms. The highest BCUT2D eigenvalue weighted by molar-refractivity contribution is 7.89. The first kappa shape index (κ1) is 17.6. The van der Waals surface area contributed by atoms with Crippen LogP contribution in [0.3, 0.4) is 0 Å². The molecular weight excluding hydrogens is 384 g/mol. The van der Waals surface area contributed by atoms with Crippen LogP contribution in [0, 0.1) is 0 Å². The second-order valence-electron chi connectivity index (χ2n) is 5.72. The maximum atomic E-state index is 12.1. The smallest absolute Gasteiger partial charge is 0.325 e. The maximum Gasteiger partial charge on any atom is 0.351 e. The molecule has 2 heterocycles. The Morgan fingerprint density at radius 3 is 2.29 bits per heavy atom. The van der Waals surface area contributed by atoms with Gasteiger partial charge in [-0.25, -0.2) is 23.4 Å². The van der Waals surface area contributed by atoms with Crippen LogP contribution in [-0.2, 0) is 10.0 Å². The van der Waals surface area contributed by atoms with Gasteiger partial charge < -0.3 is 10.6 Å². The molecule has 2 aromatic carbocycles. The van der Waals surface area contributed by atoms with Gasteiger partial charge >= 0.3 is 5.69 Å². The van der Waals surface area contributed by atoms with Crippen LogP contribution in [0.1, 0.15) is 0 Å². The van der Waals surface area contributed by atoms with Crippen molar-refractivity contribution in [2.24, 2.45) is 5.14 Å². The summed E-state index contributed by atoms with van der Waals surface area (Å²) in [6, 6.07) is 15.0. The van der Waals surface area contributed by atoms with E-state index in [1.165, 1.54) is 24.3 Å². The highest BCUT2D eigenvalue weighted by Gasteiger charge is 2.13. The van der Waals surface area contributed by atoms with Crippen LogP contribution < -0.4 is 21.5 Å². The lowest BCUT2D eigenvalue weighted by atomic mass is 10.3. The normalized spacial score (nSPS) is 11.5. The van der Waals surface area contributed by atoms with Crippen molar-refractivity contribution in [2.75, 3.05) is 10.6 Å². The molecule has 0 aliphatic carbocycles. The fourth-order valence-electron chi connectivity index (χ4n) is 2.47. The molecule has 0 spiro atoms. The number of nitrogens with zero attached hydrogens (tertiary/aromatic N) is 4. The highest BCUT2D eigenvalue weighted by atomic mass is 32.2. The van der Waals surface area contributed by atoms with Gasteiger partial charge in [0, 0.05) is 11.4 Å². The number of hydrogen-bond donors (Lipinski definition) is 4. The van der Waals surface area contributed by atoms with Gasteiger partial charge in [-0.1, -0.05) is 18.2 Å². The Hall–Kier alpha value is -3.77. The molecule has 0 fully saturated rings. The van der Waals surface area contributed by atoms with Crippen LogP contribution in [0.5, 0.6) is 0 Å². The van der Waals surface area contributed by atoms with Gasteiger partial charge in [0.1, 0.15) is 0 Å². The van der Waals surface area contributed by atoms with Gasteiger partial charge in [0.2, 0.25) is 21.9 Å². The van der Waals surface area contributed by atoms with Crippen LogP contribution in [0.4, 0.5) is 23.3 Å². The zero-order chi connectivity index (χ0) is 19.7. The van der Waals surface area contributed by atoms with E-state index in [9.17, 15) is 13.2 Å². The molecular formula is C16H14N8O3S. The van der Waals surface area contributed by atoms with E-state index in [1.54, 1.807) is 0 Å². The number of nitrogens with two attached hydrogens (primary N) is 1. The first-order valence-corrected chi connectivity index (χ1v) is 9.52. The highest BCUT2D eigenvalue weighted by Crippen LogP contribution is 2.19. The lowest BCUT2D eigenvalue weighted by Crippen LogP contribution is -2.16. The van der Waals surface area contributed by atoms with Gasteiger partial charge in [0.15, 0.2) is 0 Å². The molecule has 142 valence electrons. The Morgan fingerprint density at radius 1 is 0.929 bits per heavy atom. The summed E-state index contributed by atoms with van der Waals surface area (Å²) in [7, 11) is -3.80. The first-order chi connectivity index (χ1) is 13.4. The molecule has 0 atom stereocenters. The number of aromatic amines is 1. The van der Waals surface area contributed by atoms with Crippen molar-refractivity contribution < 1.29 is 8.42 Å². The number of aromatic nitrogens is 5. The summed E-state index contributed by atoms with van der Waals surface area (Å²) in [6.45, 7) is 0. The molecule has 5 N–H and O–H groups in total. The van der Waals surface area contributed by atoms with Gasteiger partial charge in [0.05, 0.1) is 4.90 Å². The number of benzene rings is 2. The van der Waals surface area contributed by atoms with E-state index in [0.29, 0.717) is 5.69 Å². The van der Waals surface area contributed by atoms with E-state index in [1.807, 2.05) is 30.3 Å². The van der Waals surface area contributed by atoms with Crippen molar-refractivity contribution in [3.8, 4) is 0 Å². The molecule has 4 aromatic rings. The third-order valence-corrected chi connectivity index (χ3v) is 4.68. The molecule has 4 rings (SSSR count). The lowest BCUT2D eigenvalue weighted by molar-refractivity contribution is 0.598. The monoisotopic (exact) mass is 398 g/mol. The number of sulfonamides is 1. The number of fused-ring (bicyclic) bond motifs is 1. The second kappa shape index (κ2) is 6.75. The summed E-state index contributed by atoms with van der Waals surface area (Å²) in [4.78, 5) is 20.5. The average molecular weight is 398 g/mol. The van der Waals surface area contributed by atoms with Gasteiger partial charge in [0.25, 0.3) is 5.78 Å². The Kier molecular flexibility index (Phi) is 4.25. The van der Waals surface area contributed by atoms with Crippen LogP contribution in [0.15, 0.2) is 64.3 Å². The molecule has 11 nitrogen and oxygen atoms in total. The Bertz CT molecular complexity index is 1300. The Labute approximate surface area is 158 Å².